The molecule has 0 bridgehead atoms. The molecular weight excluding hydrogens is 292 g/mol. The molecule has 3 N–H and O–H groups in total. The van der Waals surface area contributed by atoms with Crippen LogP contribution < -0.4 is 10.6 Å². The van der Waals surface area contributed by atoms with Crippen molar-refractivity contribution >= 4 is 34.1 Å². The quantitative estimate of drug-likeness (QED) is 0.750. The maximum atomic E-state index is 12.2. The lowest BCUT2D eigenvalue weighted by molar-refractivity contribution is -0.136. The number of aryl methyl sites for hydroxylation is 1. The summed E-state index contributed by atoms with van der Waals surface area (Å²) in [6, 6.07) is 0. The molecule has 0 fully saturated rings. The highest BCUT2D eigenvalue weighted by Crippen LogP contribution is 2.32. The van der Waals surface area contributed by atoms with Crippen molar-refractivity contribution in [2.24, 2.45) is 5.92 Å². The van der Waals surface area contributed by atoms with E-state index in [2.05, 4.69) is 10.6 Å². The first-order valence-corrected chi connectivity index (χ1v) is 7.46. The molecule has 0 aliphatic heterocycles. The number of nitrogens with one attached hydrogen (secondary N) is 2. The molecule has 0 aliphatic carbocycles. The number of anilines is 1. The first kappa shape index (κ1) is 17.2. The summed E-state index contributed by atoms with van der Waals surface area (Å²) >= 11 is 1.35. The van der Waals surface area contributed by atoms with Gasteiger partial charge in [-0.1, -0.05) is 13.8 Å². The number of carbonyl (C=O) groups is 3. The van der Waals surface area contributed by atoms with Crippen molar-refractivity contribution in [3.8, 4) is 0 Å². The highest BCUT2D eigenvalue weighted by molar-refractivity contribution is 7.16. The third kappa shape index (κ3) is 4.56. The van der Waals surface area contributed by atoms with Crippen LogP contribution in [0, 0.1) is 19.8 Å². The molecule has 116 valence electrons. The fraction of sp³-hybridized carbons (Fsp3) is 0.500. The molecule has 0 unspecified atom stereocenters. The van der Waals surface area contributed by atoms with Gasteiger partial charge in [-0.25, -0.2) is 0 Å². The van der Waals surface area contributed by atoms with Gasteiger partial charge < -0.3 is 15.7 Å². The van der Waals surface area contributed by atoms with Crippen molar-refractivity contribution in [1.82, 2.24) is 5.32 Å². The highest BCUT2D eigenvalue weighted by Gasteiger charge is 2.21. The van der Waals surface area contributed by atoms with E-state index in [1.807, 2.05) is 13.8 Å². The van der Waals surface area contributed by atoms with Gasteiger partial charge in [-0.05, 0) is 19.4 Å². The fourth-order valence-electron chi connectivity index (χ4n) is 1.62. The summed E-state index contributed by atoms with van der Waals surface area (Å²) in [6.07, 6.45) is -0.137. The largest absolute Gasteiger partial charge is 0.481 e. The summed E-state index contributed by atoms with van der Waals surface area (Å²) in [5.74, 6) is -1.68. The van der Waals surface area contributed by atoms with Crippen molar-refractivity contribution in [3.63, 3.8) is 0 Å². The Morgan fingerprint density at radius 1 is 1.24 bits per heavy atom. The van der Waals surface area contributed by atoms with Crippen molar-refractivity contribution in [3.05, 3.63) is 16.0 Å². The zero-order valence-corrected chi connectivity index (χ0v) is 13.4. The predicted molar refractivity (Wildman–Crippen MR) is 81.8 cm³/mol. The van der Waals surface area contributed by atoms with Crippen LogP contribution in [0.25, 0.3) is 0 Å². The van der Waals surface area contributed by atoms with Crippen LogP contribution >= 0.6 is 11.3 Å². The summed E-state index contributed by atoms with van der Waals surface area (Å²) in [5, 5.41) is 14.4. The van der Waals surface area contributed by atoms with Gasteiger partial charge in [0.25, 0.3) is 5.91 Å². The minimum atomic E-state index is -0.971. The molecule has 21 heavy (non-hydrogen) atoms. The normalized spacial score (nSPS) is 10.5. The number of thiophene rings is 1. The fourth-order valence-corrected chi connectivity index (χ4v) is 2.68. The Morgan fingerprint density at radius 3 is 2.38 bits per heavy atom. The Labute approximate surface area is 127 Å². The maximum Gasteiger partial charge on any atom is 0.305 e. The Hall–Kier alpha value is -1.89. The van der Waals surface area contributed by atoms with Crippen LogP contribution in [0.3, 0.4) is 0 Å². The molecule has 0 saturated carbocycles. The molecule has 6 nitrogen and oxygen atoms in total. The van der Waals surface area contributed by atoms with E-state index in [4.69, 9.17) is 5.11 Å². The highest BCUT2D eigenvalue weighted by atomic mass is 32.1. The van der Waals surface area contributed by atoms with Gasteiger partial charge in [0.1, 0.15) is 5.00 Å². The maximum absolute atomic E-state index is 12.2. The number of amides is 2. The average Bonchev–Trinajstić information content (AvgIpc) is 2.64. The third-order valence-corrected chi connectivity index (χ3v) is 4.12. The summed E-state index contributed by atoms with van der Waals surface area (Å²) in [4.78, 5) is 35.4. The van der Waals surface area contributed by atoms with E-state index in [1.54, 1.807) is 13.8 Å². The Kier molecular flexibility index (Phi) is 5.90. The van der Waals surface area contributed by atoms with E-state index in [9.17, 15) is 14.4 Å². The molecule has 0 radical (unpaired) electrons. The number of aliphatic carboxylic acids is 1. The van der Waals surface area contributed by atoms with E-state index < -0.39 is 5.97 Å². The molecule has 0 atom stereocenters. The zero-order chi connectivity index (χ0) is 16.2. The van der Waals surface area contributed by atoms with Gasteiger partial charge in [0, 0.05) is 17.3 Å². The van der Waals surface area contributed by atoms with Gasteiger partial charge in [0.2, 0.25) is 5.91 Å². The number of rotatable bonds is 6. The Morgan fingerprint density at radius 2 is 1.86 bits per heavy atom. The van der Waals surface area contributed by atoms with Crippen LogP contribution in [0.4, 0.5) is 5.00 Å². The summed E-state index contributed by atoms with van der Waals surface area (Å²) in [7, 11) is 0. The van der Waals surface area contributed by atoms with Crippen LogP contribution in [-0.2, 0) is 9.59 Å². The number of carboxylic acid groups (broad SMARTS) is 1. The van der Waals surface area contributed by atoms with Crippen LogP contribution in [0.1, 0.15) is 41.1 Å². The minimum absolute atomic E-state index is 0.0556. The monoisotopic (exact) mass is 312 g/mol. The zero-order valence-electron chi connectivity index (χ0n) is 12.6. The smallest absolute Gasteiger partial charge is 0.305 e. The van der Waals surface area contributed by atoms with Crippen LogP contribution in [0.15, 0.2) is 0 Å². The minimum Gasteiger partial charge on any atom is -0.481 e. The second-order valence-corrected chi connectivity index (χ2v) is 6.26. The van der Waals surface area contributed by atoms with Gasteiger partial charge >= 0.3 is 5.97 Å². The molecule has 7 heteroatoms. The Bertz CT molecular complexity index is 564. The molecule has 1 rings (SSSR count). The van der Waals surface area contributed by atoms with Gasteiger partial charge in [0.15, 0.2) is 0 Å². The van der Waals surface area contributed by atoms with E-state index in [0.29, 0.717) is 10.6 Å². The lowest BCUT2D eigenvalue weighted by atomic mass is 10.1. The lowest BCUT2D eigenvalue weighted by Gasteiger charge is -2.09. The number of hydrogen-bond acceptors (Lipinski definition) is 4. The van der Waals surface area contributed by atoms with Gasteiger partial charge in [-0.3, -0.25) is 14.4 Å². The van der Waals surface area contributed by atoms with E-state index in [0.717, 1.165) is 10.4 Å². The second kappa shape index (κ2) is 7.21. The van der Waals surface area contributed by atoms with Crippen LogP contribution in [-0.4, -0.2) is 29.4 Å². The first-order valence-electron chi connectivity index (χ1n) is 6.64. The van der Waals surface area contributed by atoms with Crippen molar-refractivity contribution < 1.29 is 19.5 Å². The van der Waals surface area contributed by atoms with Crippen LogP contribution in [0.2, 0.25) is 0 Å². The molecule has 0 spiro atoms. The van der Waals surface area contributed by atoms with E-state index >= 15 is 0 Å². The molecule has 2 amide bonds. The standard InChI is InChI=1S/C14H20N2O4S/c1-7(2)12(19)16-14-11(8(3)9(4)21-14)13(20)15-6-5-10(17)18/h7H,5-6H2,1-4H3,(H,15,20)(H,16,19)(H,17,18). The van der Waals surface area contributed by atoms with Gasteiger partial charge in [-0.15, -0.1) is 11.3 Å². The Balaban J connectivity index is 2.91. The average molecular weight is 312 g/mol. The molecular formula is C14H20N2O4S. The van der Waals surface area contributed by atoms with E-state index in [-0.39, 0.29) is 30.7 Å². The summed E-state index contributed by atoms with van der Waals surface area (Å²) in [6.45, 7) is 7.28. The second-order valence-electron chi connectivity index (χ2n) is 5.03. The number of carboxylic acids is 1. The third-order valence-electron chi connectivity index (χ3n) is 3.00. The molecule has 1 aromatic heterocycles. The van der Waals surface area contributed by atoms with Crippen molar-refractivity contribution in [2.45, 2.75) is 34.1 Å². The molecule has 0 aliphatic rings. The van der Waals surface area contributed by atoms with Gasteiger partial charge in [-0.2, -0.15) is 0 Å². The molecule has 1 aromatic rings. The summed E-state index contributed by atoms with van der Waals surface area (Å²) in [5.41, 5.74) is 1.21. The van der Waals surface area contributed by atoms with Crippen LogP contribution in [0.5, 0.6) is 0 Å². The van der Waals surface area contributed by atoms with Crippen molar-refractivity contribution in [2.75, 3.05) is 11.9 Å². The van der Waals surface area contributed by atoms with E-state index in [1.165, 1.54) is 11.3 Å². The topological polar surface area (TPSA) is 95.5 Å². The number of carbonyl (C=O) groups excluding carboxylic acids is 2. The van der Waals surface area contributed by atoms with Crippen molar-refractivity contribution in [1.29, 1.82) is 0 Å². The summed E-state index contributed by atoms with van der Waals surface area (Å²) < 4.78 is 0. The first-order chi connectivity index (χ1) is 9.73. The molecule has 1 heterocycles. The molecule has 0 aromatic carbocycles. The lowest BCUT2D eigenvalue weighted by Crippen LogP contribution is -2.27. The predicted octanol–water partition coefficient (Wildman–Crippen LogP) is 2.16. The molecule has 0 saturated heterocycles. The SMILES string of the molecule is Cc1sc(NC(=O)C(C)C)c(C(=O)NCCC(=O)O)c1C. The van der Waals surface area contributed by atoms with Gasteiger partial charge in [0.05, 0.1) is 12.0 Å². The number of hydrogen-bond donors (Lipinski definition) is 3.